The molecule has 2 aliphatic heterocycles. The average molecular weight is 413 g/mol. The number of anilines is 1. The number of nitrogens with one attached hydrogen (secondary N) is 2. The number of aromatic nitrogens is 1. The highest BCUT2D eigenvalue weighted by Crippen LogP contribution is 2.34. The van der Waals surface area contributed by atoms with Crippen LogP contribution < -0.4 is 15.5 Å². The lowest BCUT2D eigenvalue weighted by Crippen LogP contribution is -2.44. The number of amides is 1. The molecular weight excluding hydrogens is 392 g/mol. The maximum absolute atomic E-state index is 12.7. The second kappa shape index (κ2) is 8.63. The zero-order valence-electron chi connectivity index (χ0n) is 14.0. The third-order valence-corrected chi connectivity index (χ3v) is 5.00. The van der Waals surface area contributed by atoms with Crippen molar-refractivity contribution in [3.8, 4) is 0 Å². The molecule has 1 unspecified atom stereocenters. The number of pyridine rings is 1. The Bertz CT molecular complexity index is 630. The van der Waals surface area contributed by atoms with Crippen LogP contribution in [0.2, 0.25) is 5.02 Å². The molecule has 1 atom stereocenters. The van der Waals surface area contributed by atoms with Crippen molar-refractivity contribution >= 4 is 35.7 Å². The molecule has 2 fully saturated rings. The van der Waals surface area contributed by atoms with E-state index < -0.39 is 11.7 Å². The summed E-state index contributed by atoms with van der Waals surface area (Å²) in [6.45, 7) is 2.80. The van der Waals surface area contributed by atoms with E-state index in [4.69, 9.17) is 11.6 Å². The second-order valence-corrected chi connectivity index (χ2v) is 6.89. The Kier molecular flexibility index (Phi) is 6.99. The van der Waals surface area contributed by atoms with Gasteiger partial charge in [-0.15, -0.1) is 12.4 Å². The molecule has 0 bridgehead atoms. The van der Waals surface area contributed by atoms with Gasteiger partial charge in [0.25, 0.3) is 0 Å². The number of piperidine rings is 1. The highest BCUT2D eigenvalue weighted by atomic mass is 35.5. The SMILES string of the molecule is Cl.O=C(NC1CCNC1)C1CCN(c2ncc(C(F)(F)F)cc2Cl)CC1. The quantitative estimate of drug-likeness (QED) is 0.801. The summed E-state index contributed by atoms with van der Waals surface area (Å²) in [7, 11) is 0. The summed E-state index contributed by atoms with van der Waals surface area (Å²) in [5, 5.41) is 6.24. The normalized spacial score (nSPS) is 21.4. The summed E-state index contributed by atoms with van der Waals surface area (Å²) in [5.41, 5.74) is -0.860. The summed E-state index contributed by atoms with van der Waals surface area (Å²) in [6.07, 6.45) is -1.46. The van der Waals surface area contributed by atoms with Gasteiger partial charge in [-0.3, -0.25) is 4.79 Å². The monoisotopic (exact) mass is 412 g/mol. The van der Waals surface area contributed by atoms with Crippen LogP contribution in [0.25, 0.3) is 0 Å². The topological polar surface area (TPSA) is 57.3 Å². The van der Waals surface area contributed by atoms with Crippen LogP contribution in [0, 0.1) is 5.92 Å². The molecule has 146 valence electrons. The molecule has 3 heterocycles. The van der Waals surface area contributed by atoms with Gasteiger partial charge in [0.05, 0.1) is 10.6 Å². The summed E-state index contributed by atoms with van der Waals surface area (Å²) in [6, 6.07) is 1.09. The first-order valence-corrected chi connectivity index (χ1v) is 8.71. The molecule has 0 saturated carbocycles. The Balaban J connectivity index is 0.00000243. The first kappa shape index (κ1) is 21.1. The van der Waals surface area contributed by atoms with E-state index in [0.717, 1.165) is 31.8 Å². The first-order chi connectivity index (χ1) is 11.8. The van der Waals surface area contributed by atoms with Gasteiger partial charge >= 0.3 is 6.18 Å². The minimum atomic E-state index is -4.46. The van der Waals surface area contributed by atoms with Crippen LogP contribution in [-0.4, -0.2) is 43.1 Å². The van der Waals surface area contributed by atoms with Crippen LogP contribution in [0.1, 0.15) is 24.8 Å². The van der Waals surface area contributed by atoms with Gasteiger partial charge in [0.2, 0.25) is 5.91 Å². The maximum atomic E-state index is 12.7. The molecule has 0 radical (unpaired) electrons. The summed E-state index contributed by atoms with van der Waals surface area (Å²) >= 11 is 5.99. The highest BCUT2D eigenvalue weighted by Gasteiger charge is 2.33. The number of hydrogen-bond acceptors (Lipinski definition) is 4. The smallest absolute Gasteiger partial charge is 0.355 e. The predicted octanol–water partition coefficient (Wildman–Crippen LogP) is 2.87. The van der Waals surface area contributed by atoms with E-state index in [-0.39, 0.29) is 35.3 Å². The van der Waals surface area contributed by atoms with Gasteiger partial charge in [0.15, 0.2) is 0 Å². The minimum Gasteiger partial charge on any atom is -0.355 e. The van der Waals surface area contributed by atoms with Crippen molar-refractivity contribution in [2.24, 2.45) is 5.92 Å². The van der Waals surface area contributed by atoms with E-state index in [2.05, 4.69) is 15.6 Å². The van der Waals surface area contributed by atoms with Crippen molar-refractivity contribution in [3.05, 3.63) is 22.8 Å². The fourth-order valence-electron chi connectivity index (χ4n) is 3.27. The van der Waals surface area contributed by atoms with Gasteiger partial charge in [0.1, 0.15) is 5.82 Å². The molecule has 0 aliphatic carbocycles. The number of nitrogens with zero attached hydrogens (tertiary/aromatic N) is 2. The molecule has 1 aromatic rings. The lowest BCUT2D eigenvalue weighted by atomic mass is 9.95. The third kappa shape index (κ3) is 4.92. The number of carbonyl (C=O) groups excluding carboxylic acids is 1. The molecule has 5 nitrogen and oxygen atoms in total. The lowest BCUT2D eigenvalue weighted by molar-refractivity contribution is -0.137. The molecule has 26 heavy (non-hydrogen) atoms. The van der Waals surface area contributed by atoms with Crippen LogP contribution in [0.4, 0.5) is 19.0 Å². The Morgan fingerprint density at radius 3 is 2.54 bits per heavy atom. The summed E-state index contributed by atoms with van der Waals surface area (Å²) in [5.74, 6) is 0.318. The third-order valence-electron chi connectivity index (χ3n) is 4.72. The summed E-state index contributed by atoms with van der Waals surface area (Å²) in [4.78, 5) is 18.0. The number of rotatable bonds is 3. The Labute approximate surface area is 161 Å². The van der Waals surface area contributed by atoms with Gasteiger partial charge in [-0.1, -0.05) is 11.6 Å². The van der Waals surface area contributed by atoms with E-state index in [1.807, 2.05) is 4.90 Å². The molecule has 2 aliphatic rings. The van der Waals surface area contributed by atoms with Crippen molar-refractivity contribution < 1.29 is 18.0 Å². The Morgan fingerprint density at radius 2 is 2.00 bits per heavy atom. The molecular formula is C16H21Cl2F3N4O. The zero-order chi connectivity index (χ0) is 18.0. The van der Waals surface area contributed by atoms with Crippen molar-refractivity contribution in [3.63, 3.8) is 0 Å². The van der Waals surface area contributed by atoms with E-state index in [1.165, 1.54) is 0 Å². The van der Waals surface area contributed by atoms with E-state index >= 15 is 0 Å². The highest BCUT2D eigenvalue weighted by molar-refractivity contribution is 6.33. The van der Waals surface area contributed by atoms with Crippen LogP contribution in [-0.2, 0) is 11.0 Å². The Hall–Kier alpha value is -1.25. The fourth-order valence-corrected chi connectivity index (χ4v) is 3.55. The molecule has 0 spiro atoms. The van der Waals surface area contributed by atoms with Crippen molar-refractivity contribution in [1.82, 2.24) is 15.6 Å². The number of hydrogen-bond donors (Lipinski definition) is 2. The number of carbonyl (C=O) groups is 1. The number of halogens is 5. The van der Waals surface area contributed by atoms with Crippen molar-refractivity contribution in [1.29, 1.82) is 0 Å². The molecule has 1 amide bonds. The molecule has 0 aromatic carbocycles. The first-order valence-electron chi connectivity index (χ1n) is 8.33. The van der Waals surface area contributed by atoms with Crippen molar-refractivity contribution in [2.75, 3.05) is 31.1 Å². The van der Waals surface area contributed by atoms with Crippen LogP contribution >= 0.6 is 24.0 Å². The predicted molar refractivity (Wildman–Crippen MR) is 95.9 cm³/mol. The van der Waals surface area contributed by atoms with Gasteiger partial charge in [-0.05, 0) is 31.9 Å². The summed E-state index contributed by atoms with van der Waals surface area (Å²) < 4.78 is 38.1. The standard InChI is InChI=1S/C16H20ClF3N4O.ClH/c17-13-7-11(16(18,19)20)8-22-14(13)24-5-2-10(3-6-24)15(25)23-12-1-4-21-9-12;/h7-8,10,12,21H,1-6,9H2,(H,23,25);1H. The van der Waals surface area contributed by atoms with Crippen molar-refractivity contribution in [2.45, 2.75) is 31.5 Å². The molecule has 2 saturated heterocycles. The fraction of sp³-hybridized carbons (Fsp3) is 0.625. The molecule has 10 heteroatoms. The average Bonchev–Trinajstić information content (AvgIpc) is 3.07. The van der Waals surface area contributed by atoms with E-state index in [1.54, 1.807) is 0 Å². The van der Waals surface area contributed by atoms with Crippen LogP contribution in [0.3, 0.4) is 0 Å². The maximum Gasteiger partial charge on any atom is 0.417 e. The lowest BCUT2D eigenvalue weighted by Gasteiger charge is -2.33. The van der Waals surface area contributed by atoms with Gasteiger partial charge in [-0.2, -0.15) is 13.2 Å². The Morgan fingerprint density at radius 1 is 1.31 bits per heavy atom. The molecule has 1 aromatic heterocycles. The zero-order valence-corrected chi connectivity index (χ0v) is 15.6. The van der Waals surface area contributed by atoms with Crippen LogP contribution in [0.15, 0.2) is 12.3 Å². The van der Waals surface area contributed by atoms with E-state index in [0.29, 0.717) is 31.7 Å². The minimum absolute atomic E-state index is 0. The van der Waals surface area contributed by atoms with Crippen LogP contribution in [0.5, 0.6) is 0 Å². The van der Waals surface area contributed by atoms with Gasteiger partial charge in [0, 0.05) is 37.8 Å². The van der Waals surface area contributed by atoms with Gasteiger partial charge < -0.3 is 15.5 Å². The second-order valence-electron chi connectivity index (χ2n) is 6.49. The van der Waals surface area contributed by atoms with E-state index in [9.17, 15) is 18.0 Å². The van der Waals surface area contributed by atoms with Gasteiger partial charge in [-0.25, -0.2) is 4.98 Å². The largest absolute Gasteiger partial charge is 0.417 e. The molecule has 2 N–H and O–H groups in total. The number of alkyl halides is 3. The molecule has 3 rings (SSSR count).